The van der Waals surface area contributed by atoms with Crippen LogP contribution in [0.15, 0.2) is 89.3 Å². The Labute approximate surface area is 193 Å². The summed E-state index contributed by atoms with van der Waals surface area (Å²) in [6, 6.07) is 17.5. The number of carbonyl (C=O) groups excluding carboxylic acids is 2. The monoisotopic (exact) mass is 479 g/mol. The van der Waals surface area contributed by atoms with Gasteiger partial charge in [-0.25, -0.2) is 13.6 Å². The number of hydrogen-bond acceptors (Lipinski definition) is 7. The van der Waals surface area contributed by atoms with Crippen LogP contribution >= 0.6 is 0 Å². The second-order valence-corrected chi connectivity index (χ2v) is 8.99. The fourth-order valence-electron chi connectivity index (χ4n) is 3.77. The van der Waals surface area contributed by atoms with Crippen molar-refractivity contribution in [2.45, 2.75) is 10.9 Å². The molecule has 1 aliphatic heterocycles. The van der Waals surface area contributed by atoms with E-state index >= 15 is 0 Å². The zero-order chi connectivity index (χ0) is 24.6. The van der Waals surface area contributed by atoms with Crippen molar-refractivity contribution in [2.75, 3.05) is 4.90 Å². The van der Waals surface area contributed by atoms with Gasteiger partial charge in [0.25, 0.3) is 17.4 Å². The molecule has 34 heavy (non-hydrogen) atoms. The summed E-state index contributed by atoms with van der Waals surface area (Å²) >= 11 is 0. The number of anilines is 1. The molecule has 11 heteroatoms. The minimum absolute atomic E-state index is 0.00213. The Bertz CT molecular complexity index is 1450. The summed E-state index contributed by atoms with van der Waals surface area (Å²) in [6.07, 6.45) is 0. The summed E-state index contributed by atoms with van der Waals surface area (Å²) in [5.41, 5.74) is 0.128. The predicted molar refractivity (Wildman–Crippen MR) is 122 cm³/mol. The summed E-state index contributed by atoms with van der Waals surface area (Å²) in [6.45, 7) is 0. The highest BCUT2D eigenvalue weighted by Gasteiger charge is 2.47. The maximum absolute atomic E-state index is 13.1. The number of aliphatic hydroxyl groups is 1. The molecule has 0 aromatic heterocycles. The van der Waals surface area contributed by atoms with Gasteiger partial charge in [0.15, 0.2) is 0 Å². The molecule has 0 bridgehead atoms. The maximum atomic E-state index is 13.1. The van der Waals surface area contributed by atoms with Gasteiger partial charge in [0, 0.05) is 23.4 Å². The first-order chi connectivity index (χ1) is 16.1. The molecule has 3 aromatic carbocycles. The van der Waals surface area contributed by atoms with E-state index in [9.17, 15) is 33.2 Å². The van der Waals surface area contributed by atoms with Crippen LogP contribution in [-0.2, 0) is 19.6 Å². The van der Waals surface area contributed by atoms with E-state index in [4.69, 9.17) is 5.14 Å². The number of benzene rings is 3. The minimum Gasteiger partial charge on any atom is -0.507 e. The minimum atomic E-state index is -3.98. The van der Waals surface area contributed by atoms with Crippen molar-refractivity contribution < 1.29 is 28.0 Å². The predicted octanol–water partition coefficient (Wildman–Crippen LogP) is 2.87. The lowest BCUT2D eigenvalue weighted by molar-refractivity contribution is -0.384. The molecule has 1 saturated heterocycles. The van der Waals surface area contributed by atoms with Crippen molar-refractivity contribution in [3.05, 3.63) is 106 Å². The first-order valence-electron chi connectivity index (χ1n) is 9.83. The Morgan fingerprint density at radius 2 is 1.62 bits per heavy atom. The van der Waals surface area contributed by atoms with E-state index in [-0.39, 0.29) is 27.4 Å². The molecule has 0 saturated carbocycles. The number of hydrogen-bond donors (Lipinski definition) is 2. The third-order valence-corrected chi connectivity index (χ3v) is 6.26. The highest BCUT2D eigenvalue weighted by atomic mass is 32.2. The van der Waals surface area contributed by atoms with E-state index in [0.717, 1.165) is 11.0 Å². The molecule has 1 fully saturated rings. The molecule has 0 radical (unpaired) electrons. The lowest BCUT2D eigenvalue weighted by atomic mass is 9.95. The van der Waals surface area contributed by atoms with Crippen LogP contribution in [0.25, 0.3) is 5.76 Å². The van der Waals surface area contributed by atoms with Gasteiger partial charge in [-0.1, -0.05) is 42.5 Å². The number of nitro benzene ring substituents is 1. The molecule has 1 unspecified atom stereocenters. The zero-order valence-corrected chi connectivity index (χ0v) is 18.2. The quantitative estimate of drug-likeness (QED) is 0.187. The molecule has 10 nitrogen and oxygen atoms in total. The summed E-state index contributed by atoms with van der Waals surface area (Å²) in [5.74, 6) is -2.52. The highest BCUT2D eigenvalue weighted by molar-refractivity contribution is 7.89. The topological polar surface area (TPSA) is 161 Å². The van der Waals surface area contributed by atoms with Crippen LogP contribution < -0.4 is 10.0 Å². The van der Waals surface area contributed by atoms with E-state index in [2.05, 4.69) is 0 Å². The van der Waals surface area contributed by atoms with Gasteiger partial charge in [-0.3, -0.25) is 24.6 Å². The van der Waals surface area contributed by atoms with Crippen LogP contribution in [0.4, 0.5) is 11.4 Å². The molecule has 172 valence electrons. The van der Waals surface area contributed by atoms with Crippen LogP contribution in [0.2, 0.25) is 0 Å². The fraction of sp³-hybridized carbons (Fsp3) is 0.0435. The third-order valence-electron chi connectivity index (χ3n) is 5.33. The first kappa shape index (κ1) is 22.8. The largest absolute Gasteiger partial charge is 0.507 e. The van der Waals surface area contributed by atoms with Crippen LogP contribution in [-0.4, -0.2) is 30.1 Å². The number of nitrogens with two attached hydrogens (primary N) is 1. The highest BCUT2D eigenvalue weighted by Crippen LogP contribution is 2.42. The lowest BCUT2D eigenvalue weighted by Gasteiger charge is -2.25. The molecule has 1 amide bonds. The number of nitrogens with zero attached hydrogens (tertiary/aromatic N) is 2. The number of primary sulfonamides is 1. The van der Waals surface area contributed by atoms with Crippen molar-refractivity contribution in [1.82, 2.24) is 0 Å². The lowest BCUT2D eigenvalue weighted by Crippen LogP contribution is -2.29. The summed E-state index contributed by atoms with van der Waals surface area (Å²) < 4.78 is 23.2. The zero-order valence-electron chi connectivity index (χ0n) is 17.4. The fourth-order valence-corrected chi connectivity index (χ4v) is 4.28. The number of aliphatic hydroxyl groups excluding tert-OH is 1. The van der Waals surface area contributed by atoms with Crippen molar-refractivity contribution in [3.63, 3.8) is 0 Å². The van der Waals surface area contributed by atoms with Gasteiger partial charge in [0.2, 0.25) is 10.0 Å². The number of carbonyl (C=O) groups is 2. The molecule has 0 spiro atoms. The Morgan fingerprint density at radius 1 is 0.971 bits per heavy atom. The van der Waals surface area contributed by atoms with Gasteiger partial charge in [0.1, 0.15) is 5.76 Å². The number of rotatable bonds is 5. The number of ketones is 1. The van der Waals surface area contributed by atoms with E-state index in [1.807, 2.05) is 0 Å². The van der Waals surface area contributed by atoms with Crippen molar-refractivity contribution in [3.8, 4) is 0 Å². The summed E-state index contributed by atoms with van der Waals surface area (Å²) in [5, 5.41) is 27.3. The molecule has 3 N–H and O–H groups in total. The van der Waals surface area contributed by atoms with Gasteiger partial charge in [-0.05, 0) is 29.8 Å². The van der Waals surface area contributed by atoms with Crippen molar-refractivity contribution in [1.29, 1.82) is 0 Å². The molecular formula is C23H17N3O7S. The van der Waals surface area contributed by atoms with Crippen LogP contribution in [0.3, 0.4) is 0 Å². The van der Waals surface area contributed by atoms with E-state index in [1.54, 1.807) is 30.3 Å². The molecule has 1 aliphatic rings. The molecule has 3 aromatic rings. The van der Waals surface area contributed by atoms with Crippen LogP contribution in [0, 0.1) is 10.1 Å². The van der Waals surface area contributed by atoms with Gasteiger partial charge in [-0.15, -0.1) is 0 Å². The van der Waals surface area contributed by atoms with Gasteiger partial charge in [-0.2, -0.15) is 0 Å². The van der Waals surface area contributed by atoms with Gasteiger partial charge < -0.3 is 5.11 Å². The second kappa shape index (κ2) is 8.54. The molecular weight excluding hydrogens is 462 g/mol. The number of nitro groups is 1. The standard InChI is InChI=1S/C23H17N3O7S/c24-34(32,33)18-11-9-16(10-12-18)25-20(14-5-2-1-3-6-14)19(22(28)23(25)29)21(27)15-7-4-8-17(13-15)26(30)31/h1-13,20,27H,(H2,24,32,33)/b21-19-. The van der Waals surface area contributed by atoms with E-state index in [0.29, 0.717) is 5.56 Å². The van der Waals surface area contributed by atoms with Crippen molar-refractivity contribution in [2.24, 2.45) is 5.14 Å². The first-order valence-corrected chi connectivity index (χ1v) is 11.4. The Hall–Kier alpha value is -4.35. The van der Waals surface area contributed by atoms with Crippen LogP contribution in [0.5, 0.6) is 0 Å². The Kier molecular flexibility index (Phi) is 5.73. The van der Waals surface area contributed by atoms with E-state index in [1.165, 1.54) is 42.5 Å². The van der Waals surface area contributed by atoms with Gasteiger partial charge in [0.05, 0.1) is 21.4 Å². The van der Waals surface area contributed by atoms with Crippen LogP contribution in [0.1, 0.15) is 17.2 Å². The molecule has 1 heterocycles. The number of Topliss-reactive ketones (excluding diaryl/α,β-unsaturated/α-hetero) is 1. The number of sulfonamides is 1. The summed E-state index contributed by atoms with van der Waals surface area (Å²) in [4.78, 5) is 37.6. The second-order valence-electron chi connectivity index (χ2n) is 7.43. The SMILES string of the molecule is NS(=O)(=O)c1ccc(N2C(=O)C(=O)/C(=C(\O)c3cccc([N+](=O)[O-])c3)C2c2ccccc2)cc1. The average molecular weight is 479 g/mol. The molecule has 4 rings (SSSR count). The Balaban J connectivity index is 1.92. The van der Waals surface area contributed by atoms with Gasteiger partial charge >= 0.3 is 0 Å². The molecule has 1 atom stereocenters. The van der Waals surface area contributed by atoms with Crippen molar-refractivity contribution >= 4 is 38.8 Å². The molecule has 0 aliphatic carbocycles. The maximum Gasteiger partial charge on any atom is 0.300 e. The Morgan fingerprint density at radius 3 is 2.21 bits per heavy atom. The third kappa shape index (κ3) is 4.05. The smallest absolute Gasteiger partial charge is 0.300 e. The average Bonchev–Trinajstić information content (AvgIpc) is 3.09. The van der Waals surface area contributed by atoms with E-state index < -0.39 is 38.4 Å². The normalized spacial score (nSPS) is 17.7. The summed E-state index contributed by atoms with van der Waals surface area (Å²) in [7, 11) is -3.98. The number of non-ortho nitro benzene ring substituents is 1. The number of amides is 1.